The molecule has 0 saturated carbocycles. The number of nitrogens with zero attached hydrogens (tertiary/aromatic N) is 4. The molecular formula is C52H54N4+2. The zero-order valence-corrected chi connectivity index (χ0v) is 34.2. The maximum atomic E-state index is 2.52. The third-order valence-corrected chi connectivity index (χ3v) is 11.2. The number of hydrogen-bond donors (Lipinski definition) is 0. The molecule has 280 valence electrons. The van der Waals surface area contributed by atoms with E-state index >= 15 is 0 Å². The van der Waals surface area contributed by atoms with Gasteiger partial charge in [-0.15, -0.1) is 0 Å². The summed E-state index contributed by atoms with van der Waals surface area (Å²) in [5.74, 6) is 2.42. The molecule has 0 aliphatic carbocycles. The molecule has 9 rings (SSSR count). The van der Waals surface area contributed by atoms with Gasteiger partial charge < -0.3 is 0 Å². The Bertz CT molecular complexity index is 2820. The molecule has 0 amide bonds. The van der Waals surface area contributed by atoms with Gasteiger partial charge in [-0.1, -0.05) is 131 Å². The lowest BCUT2D eigenvalue weighted by atomic mass is 9.89. The van der Waals surface area contributed by atoms with Crippen LogP contribution < -0.4 is 9.13 Å². The fourth-order valence-corrected chi connectivity index (χ4v) is 8.85. The predicted molar refractivity (Wildman–Crippen MR) is 235 cm³/mol. The molecule has 0 aliphatic heterocycles. The zero-order valence-electron chi connectivity index (χ0n) is 34.2. The zero-order chi connectivity index (χ0) is 39.1. The molecule has 0 spiro atoms. The normalized spacial score (nSPS) is 11.7. The van der Waals surface area contributed by atoms with Gasteiger partial charge in [-0.3, -0.25) is 0 Å². The average Bonchev–Trinajstić information content (AvgIpc) is 3.69. The SMILES string of the molecule is Cc1cccc2c3ccccc3n3c(-c4c(CC(C)C)cccc4CC(C)C)c[n+](C)c3c12.Cc1ccccc1-c1n(-c2ccccc2)c2ccccc2[n+]1C. The van der Waals surface area contributed by atoms with Gasteiger partial charge in [0.2, 0.25) is 0 Å². The topological polar surface area (TPSA) is 17.1 Å². The van der Waals surface area contributed by atoms with Crippen LogP contribution in [0, 0.1) is 25.7 Å². The molecule has 0 saturated heterocycles. The van der Waals surface area contributed by atoms with Crippen LogP contribution in [0.15, 0.2) is 146 Å². The summed E-state index contributed by atoms with van der Waals surface area (Å²) in [4.78, 5) is 0. The summed E-state index contributed by atoms with van der Waals surface area (Å²) >= 11 is 0. The largest absolute Gasteiger partial charge is 0.295 e. The Morgan fingerprint density at radius 1 is 0.554 bits per heavy atom. The number of rotatable bonds is 7. The first-order valence-corrected chi connectivity index (χ1v) is 20.2. The van der Waals surface area contributed by atoms with E-state index in [1.807, 2.05) is 0 Å². The molecule has 6 aromatic carbocycles. The van der Waals surface area contributed by atoms with Crippen molar-refractivity contribution < 1.29 is 9.13 Å². The van der Waals surface area contributed by atoms with Crippen LogP contribution in [0.1, 0.15) is 49.9 Å². The first kappa shape index (κ1) is 36.9. The Kier molecular flexibility index (Phi) is 10.1. The van der Waals surface area contributed by atoms with Gasteiger partial charge in [-0.05, 0) is 97.2 Å². The third-order valence-electron chi connectivity index (χ3n) is 11.2. The van der Waals surface area contributed by atoms with Crippen molar-refractivity contribution in [2.24, 2.45) is 25.9 Å². The van der Waals surface area contributed by atoms with Crippen molar-refractivity contribution in [1.82, 2.24) is 8.97 Å². The molecule has 0 N–H and O–H groups in total. The molecule has 0 fully saturated rings. The molecule has 0 aliphatic rings. The van der Waals surface area contributed by atoms with Crippen molar-refractivity contribution in [3.05, 3.63) is 168 Å². The third kappa shape index (κ3) is 6.57. The van der Waals surface area contributed by atoms with Gasteiger partial charge >= 0.3 is 0 Å². The van der Waals surface area contributed by atoms with Crippen molar-refractivity contribution in [3.63, 3.8) is 0 Å². The monoisotopic (exact) mass is 734 g/mol. The Morgan fingerprint density at radius 2 is 1.12 bits per heavy atom. The first-order valence-electron chi connectivity index (χ1n) is 20.2. The second-order valence-corrected chi connectivity index (χ2v) is 16.3. The van der Waals surface area contributed by atoms with E-state index in [2.05, 4.69) is 219 Å². The fraction of sp³-hybridized carbons (Fsp3) is 0.231. The summed E-state index contributed by atoms with van der Waals surface area (Å²) in [5.41, 5.74) is 15.7. The van der Waals surface area contributed by atoms with Crippen molar-refractivity contribution in [2.75, 3.05) is 0 Å². The summed E-state index contributed by atoms with van der Waals surface area (Å²) in [6.07, 6.45) is 4.53. The minimum absolute atomic E-state index is 0.609. The number of hydrogen-bond acceptors (Lipinski definition) is 0. The van der Waals surface area contributed by atoms with E-state index < -0.39 is 0 Å². The molecule has 0 unspecified atom stereocenters. The quantitative estimate of drug-likeness (QED) is 0.115. The second kappa shape index (κ2) is 15.3. The smallest absolute Gasteiger partial charge is 0.232 e. The molecule has 0 atom stereocenters. The molecule has 3 heterocycles. The van der Waals surface area contributed by atoms with Gasteiger partial charge in [0.05, 0.1) is 25.0 Å². The van der Waals surface area contributed by atoms with Crippen LogP contribution in [0.4, 0.5) is 0 Å². The van der Waals surface area contributed by atoms with E-state index in [0.29, 0.717) is 11.8 Å². The average molecular weight is 735 g/mol. The number of para-hydroxylation sites is 4. The molecule has 0 radical (unpaired) electrons. The van der Waals surface area contributed by atoms with E-state index in [0.717, 1.165) is 12.8 Å². The van der Waals surface area contributed by atoms with Crippen LogP contribution in [0.2, 0.25) is 0 Å². The highest BCUT2D eigenvalue weighted by molar-refractivity contribution is 6.12. The maximum absolute atomic E-state index is 2.52. The number of benzene rings is 6. The molecule has 4 heteroatoms. The van der Waals surface area contributed by atoms with Crippen LogP contribution >= 0.6 is 0 Å². The van der Waals surface area contributed by atoms with E-state index in [4.69, 9.17) is 0 Å². The summed E-state index contributed by atoms with van der Waals surface area (Å²) in [7, 11) is 4.34. The highest BCUT2D eigenvalue weighted by Crippen LogP contribution is 2.37. The van der Waals surface area contributed by atoms with Crippen molar-refractivity contribution in [2.45, 2.75) is 54.4 Å². The highest BCUT2D eigenvalue weighted by Gasteiger charge is 2.28. The summed E-state index contributed by atoms with van der Waals surface area (Å²) in [5, 5.41) is 3.99. The summed E-state index contributed by atoms with van der Waals surface area (Å²) < 4.78 is 9.48. The lowest BCUT2D eigenvalue weighted by Gasteiger charge is -2.16. The fourth-order valence-electron chi connectivity index (χ4n) is 8.85. The minimum Gasteiger partial charge on any atom is -0.232 e. The Balaban J connectivity index is 0.000000168. The summed E-state index contributed by atoms with van der Waals surface area (Å²) in [6, 6.07) is 50.2. The van der Waals surface area contributed by atoms with E-state index in [1.54, 1.807) is 0 Å². The Morgan fingerprint density at radius 3 is 1.82 bits per heavy atom. The molecule has 9 aromatic rings. The van der Waals surface area contributed by atoms with Crippen LogP contribution in [0.25, 0.3) is 66.7 Å². The van der Waals surface area contributed by atoms with Crippen LogP contribution in [0.3, 0.4) is 0 Å². The standard InChI is InChI=1S/C31H35N2.C21H19N2/c1-20(2)17-23-12-10-13-24(18-21(3)4)30(23)28-19-32(6)31-29-22(5)11-9-15-26(29)25-14-7-8-16-27(25)33(28)31;1-16-10-6-7-13-18(16)21-22(2)19-14-8-9-15-20(19)23(21)17-11-4-3-5-12-17/h7-16,19-21H,17-18H2,1-6H3;3-15H,1-2H3/q2*+1. The van der Waals surface area contributed by atoms with Crippen LogP contribution in [0.5, 0.6) is 0 Å². The number of fused-ring (bicyclic) bond motifs is 7. The van der Waals surface area contributed by atoms with Crippen molar-refractivity contribution in [1.29, 1.82) is 0 Å². The van der Waals surface area contributed by atoms with Gasteiger partial charge in [0, 0.05) is 16.3 Å². The Hall–Kier alpha value is -6.00. The van der Waals surface area contributed by atoms with Crippen molar-refractivity contribution >= 4 is 38.4 Å². The van der Waals surface area contributed by atoms with Crippen LogP contribution in [-0.4, -0.2) is 8.97 Å². The van der Waals surface area contributed by atoms with Crippen LogP contribution in [-0.2, 0) is 26.9 Å². The van der Waals surface area contributed by atoms with Gasteiger partial charge in [0.15, 0.2) is 16.7 Å². The van der Waals surface area contributed by atoms with Gasteiger partial charge in [0.1, 0.15) is 17.4 Å². The Labute approximate surface area is 331 Å². The number of pyridine rings is 1. The summed E-state index contributed by atoms with van der Waals surface area (Å²) in [6.45, 7) is 13.7. The van der Waals surface area contributed by atoms with Crippen molar-refractivity contribution in [3.8, 4) is 28.3 Å². The van der Waals surface area contributed by atoms with E-state index in [9.17, 15) is 0 Å². The number of imidazole rings is 2. The number of aromatic nitrogens is 4. The molecule has 3 aromatic heterocycles. The van der Waals surface area contributed by atoms with Gasteiger partial charge in [-0.2, -0.15) is 8.97 Å². The molecular weight excluding hydrogens is 681 g/mol. The molecule has 0 bridgehead atoms. The molecule has 56 heavy (non-hydrogen) atoms. The van der Waals surface area contributed by atoms with Gasteiger partial charge in [-0.25, -0.2) is 9.13 Å². The molecule has 4 nitrogen and oxygen atoms in total. The second-order valence-electron chi connectivity index (χ2n) is 16.3. The van der Waals surface area contributed by atoms with E-state index in [1.165, 1.54) is 88.9 Å². The predicted octanol–water partition coefficient (Wildman–Crippen LogP) is 11.9. The minimum atomic E-state index is 0.609. The lowest BCUT2D eigenvalue weighted by Crippen LogP contribution is -2.30. The highest BCUT2D eigenvalue weighted by atomic mass is 15.2. The van der Waals surface area contributed by atoms with E-state index in [-0.39, 0.29) is 0 Å². The number of aryl methyl sites for hydroxylation is 4. The van der Waals surface area contributed by atoms with Gasteiger partial charge in [0.25, 0.3) is 11.5 Å². The first-order chi connectivity index (χ1) is 27.1. The lowest BCUT2D eigenvalue weighted by molar-refractivity contribution is -0.643. The maximum Gasteiger partial charge on any atom is 0.295 e.